The Morgan fingerprint density at radius 3 is 2.60 bits per heavy atom. The van der Waals surface area contributed by atoms with E-state index in [1.54, 1.807) is 18.2 Å². The van der Waals surface area contributed by atoms with Gasteiger partial charge in [-0.05, 0) is 35.7 Å². The van der Waals surface area contributed by atoms with E-state index in [2.05, 4.69) is 0 Å². The highest BCUT2D eigenvalue weighted by atomic mass is 35.5. The molecule has 1 heterocycles. The normalized spacial score (nSPS) is 12.8. The first-order valence-electron chi connectivity index (χ1n) is 5.94. The van der Waals surface area contributed by atoms with Crippen LogP contribution in [0.5, 0.6) is 0 Å². The maximum atomic E-state index is 13.9. The first-order valence-corrected chi connectivity index (χ1v) is 7.13. The molecule has 0 saturated carbocycles. The SMILES string of the molecule is NC(c1cc2ccc(F)cc2s1)c1ccc(Cl)cc1F. The van der Waals surface area contributed by atoms with Gasteiger partial charge in [0.25, 0.3) is 0 Å². The maximum Gasteiger partial charge on any atom is 0.129 e. The third-order valence-corrected chi connectivity index (χ3v) is 4.52. The number of hydrogen-bond donors (Lipinski definition) is 1. The Morgan fingerprint density at radius 1 is 1.05 bits per heavy atom. The summed E-state index contributed by atoms with van der Waals surface area (Å²) in [6.07, 6.45) is 0. The van der Waals surface area contributed by atoms with Crippen molar-refractivity contribution in [3.63, 3.8) is 0 Å². The molecule has 1 atom stereocenters. The lowest BCUT2D eigenvalue weighted by Gasteiger charge is -2.11. The molecule has 1 aromatic heterocycles. The van der Waals surface area contributed by atoms with Crippen LogP contribution in [0.1, 0.15) is 16.5 Å². The molecule has 20 heavy (non-hydrogen) atoms. The lowest BCUT2D eigenvalue weighted by Crippen LogP contribution is -2.12. The van der Waals surface area contributed by atoms with Gasteiger partial charge in [0.1, 0.15) is 11.6 Å². The van der Waals surface area contributed by atoms with Gasteiger partial charge < -0.3 is 5.73 Å². The fraction of sp³-hybridized carbons (Fsp3) is 0.0667. The van der Waals surface area contributed by atoms with E-state index < -0.39 is 11.9 Å². The smallest absolute Gasteiger partial charge is 0.129 e. The van der Waals surface area contributed by atoms with Crippen molar-refractivity contribution in [3.8, 4) is 0 Å². The molecule has 0 radical (unpaired) electrons. The van der Waals surface area contributed by atoms with Gasteiger partial charge in [0.05, 0.1) is 6.04 Å². The summed E-state index contributed by atoms with van der Waals surface area (Å²) in [5.41, 5.74) is 6.48. The molecule has 2 N–H and O–H groups in total. The number of rotatable bonds is 2. The van der Waals surface area contributed by atoms with Crippen LogP contribution in [0.2, 0.25) is 5.02 Å². The molecule has 0 aliphatic rings. The van der Waals surface area contributed by atoms with E-state index in [4.69, 9.17) is 17.3 Å². The summed E-state index contributed by atoms with van der Waals surface area (Å²) in [5.74, 6) is -0.731. The van der Waals surface area contributed by atoms with Gasteiger partial charge in [-0.2, -0.15) is 0 Å². The summed E-state index contributed by atoms with van der Waals surface area (Å²) < 4.78 is 27.9. The first kappa shape index (κ1) is 13.5. The average molecular weight is 310 g/mol. The molecule has 0 amide bonds. The van der Waals surface area contributed by atoms with Gasteiger partial charge in [-0.3, -0.25) is 0 Å². The first-order chi connectivity index (χ1) is 9.54. The number of fused-ring (bicyclic) bond motifs is 1. The van der Waals surface area contributed by atoms with Gasteiger partial charge in [-0.25, -0.2) is 8.78 Å². The minimum absolute atomic E-state index is 0.294. The lowest BCUT2D eigenvalue weighted by atomic mass is 10.1. The Hall–Kier alpha value is -1.49. The molecule has 0 saturated heterocycles. The standard InChI is InChI=1S/C15H10ClF2NS/c16-9-2-4-11(12(18)6-9)15(19)14-5-8-1-3-10(17)7-13(8)20-14/h1-7,15H,19H2. The molecule has 3 aromatic rings. The molecule has 0 fully saturated rings. The summed E-state index contributed by atoms with van der Waals surface area (Å²) in [5, 5.41) is 1.23. The molecule has 1 unspecified atom stereocenters. The van der Waals surface area contributed by atoms with Crippen molar-refractivity contribution in [3.05, 3.63) is 69.6 Å². The van der Waals surface area contributed by atoms with Crippen LogP contribution in [-0.2, 0) is 0 Å². The van der Waals surface area contributed by atoms with E-state index in [-0.39, 0.29) is 5.82 Å². The molecule has 2 aromatic carbocycles. The van der Waals surface area contributed by atoms with Crippen molar-refractivity contribution in [1.82, 2.24) is 0 Å². The Labute approximate surface area is 123 Å². The van der Waals surface area contributed by atoms with Crippen LogP contribution in [0.15, 0.2) is 42.5 Å². The predicted molar refractivity (Wildman–Crippen MR) is 79.2 cm³/mol. The zero-order valence-electron chi connectivity index (χ0n) is 10.2. The second kappa shape index (κ2) is 5.13. The topological polar surface area (TPSA) is 26.0 Å². The Kier molecular flexibility index (Phi) is 3.46. The fourth-order valence-corrected chi connectivity index (χ4v) is 3.35. The monoisotopic (exact) mass is 309 g/mol. The van der Waals surface area contributed by atoms with Crippen LogP contribution in [0.25, 0.3) is 10.1 Å². The highest BCUT2D eigenvalue weighted by Gasteiger charge is 2.16. The predicted octanol–water partition coefficient (Wildman–Crippen LogP) is 4.88. The van der Waals surface area contributed by atoms with Crippen molar-refractivity contribution >= 4 is 33.0 Å². The third-order valence-electron chi connectivity index (χ3n) is 3.11. The Bertz CT molecular complexity index is 785. The van der Waals surface area contributed by atoms with Crippen molar-refractivity contribution in [2.24, 2.45) is 5.73 Å². The maximum absolute atomic E-state index is 13.9. The summed E-state index contributed by atoms with van der Waals surface area (Å²) in [6.45, 7) is 0. The molecule has 0 aliphatic heterocycles. The number of benzene rings is 2. The fourth-order valence-electron chi connectivity index (χ4n) is 2.09. The molecular formula is C15H10ClF2NS. The molecule has 0 spiro atoms. The van der Waals surface area contributed by atoms with Crippen molar-refractivity contribution < 1.29 is 8.78 Å². The number of hydrogen-bond acceptors (Lipinski definition) is 2. The number of nitrogens with two attached hydrogens (primary N) is 1. The van der Waals surface area contributed by atoms with Crippen LogP contribution in [0.3, 0.4) is 0 Å². The summed E-state index contributed by atoms with van der Waals surface area (Å²) in [7, 11) is 0. The summed E-state index contributed by atoms with van der Waals surface area (Å²) in [4.78, 5) is 0.784. The molecular weight excluding hydrogens is 300 g/mol. The van der Waals surface area contributed by atoms with Gasteiger partial charge in [-0.15, -0.1) is 11.3 Å². The molecule has 5 heteroatoms. The Morgan fingerprint density at radius 2 is 1.85 bits per heavy atom. The van der Waals surface area contributed by atoms with Crippen LogP contribution >= 0.6 is 22.9 Å². The van der Waals surface area contributed by atoms with Gasteiger partial charge in [-0.1, -0.05) is 23.7 Å². The van der Waals surface area contributed by atoms with Gasteiger partial charge in [0, 0.05) is 20.2 Å². The van der Waals surface area contributed by atoms with Crippen molar-refractivity contribution in [1.29, 1.82) is 0 Å². The van der Waals surface area contributed by atoms with E-state index in [1.165, 1.54) is 29.5 Å². The minimum atomic E-state index is -0.590. The van der Waals surface area contributed by atoms with Crippen LogP contribution in [0.4, 0.5) is 8.78 Å². The van der Waals surface area contributed by atoms with Crippen LogP contribution in [-0.4, -0.2) is 0 Å². The van der Waals surface area contributed by atoms with E-state index >= 15 is 0 Å². The molecule has 0 bridgehead atoms. The van der Waals surface area contributed by atoms with Crippen molar-refractivity contribution in [2.45, 2.75) is 6.04 Å². The highest BCUT2D eigenvalue weighted by Crippen LogP contribution is 2.33. The largest absolute Gasteiger partial charge is 0.320 e. The van der Waals surface area contributed by atoms with E-state index in [1.807, 2.05) is 6.07 Å². The lowest BCUT2D eigenvalue weighted by molar-refractivity contribution is 0.601. The summed E-state index contributed by atoms with van der Waals surface area (Å²) >= 11 is 7.09. The molecule has 3 rings (SSSR count). The minimum Gasteiger partial charge on any atom is -0.320 e. The van der Waals surface area contributed by atoms with E-state index in [9.17, 15) is 8.78 Å². The van der Waals surface area contributed by atoms with Gasteiger partial charge >= 0.3 is 0 Å². The average Bonchev–Trinajstić information content (AvgIpc) is 2.81. The van der Waals surface area contributed by atoms with Crippen LogP contribution in [0, 0.1) is 11.6 Å². The van der Waals surface area contributed by atoms with Gasteiger partial charge in [0.2, 0.25) is 0 Å². The van der Waals surface area contributed by atoms with Gasteiger partial charge in [0.15, 0.2) is 0 Å². The quantitative estimate of drug-likeness (QED) is 0.717. The Balaban J connectivity index is 2.05. The zero-order chi connectivity index (χ0) is 14.3. The second-order valence-corrected chi connectivity index (χ2v) is 6.03. The van der Waals surface area contributed by atoms with Crippen molar-refractivity contribution in [2.75, 3.05) is 0 Å². The number of thiophene rings is 1. The molecule has 0 aliphatic carbocycles. The summed E-state index contributed by atoms with van der Waals surface area (Å²) in [6, 6.07) is 10.2. The highest BCUT2D eigenvalue weighted by molar-refractivity contribution is 7.19. The number of halogens is 3. The molecule has 102 valence electrons. The third kappa shape index (κ3) is 2.42. The second-order valence-electron chi connectivity index (χ2n) is 4.47. The molecule has 1 nitrogen and oxygen atoms in total. The van der Waals surface area contributed by atoms with Crippen LogP contribution < -0.4 is 5.73 Å². The zero-order valence-corrected chi connectivity index (χ0v) is 11.8. The van der Waals surface area contributed by atoms with E-state index in [0.717, 1.165) is 15.0 Å². The van der Waals surface area contributed by atoms with E-state index in [0.29, 0.717) is 10.6 Å².